The molecule has 0 amide bonds. The molecule has 2 aromatic rings. The van der Waals surface area contributed by atoms with Gasteiger partial charge in [0.25, 0.3) is 6.43 Å². The number of alkyl halides is 2. The molecule has 1 aromatic heterocycles. The number of methoxy groups -OCH3 is 1. The second-order valence-electron chi connectivity index (χ2n) is 5.77. The molecule has 1 aromatic carbocycles. The number of halogens is 4. The zero-order valence-corrected chi connectivity index (χ0v) is 19.3. The predicted octanol–water partition coefficient (Wildman–Crippen LogP) is 7.05. The number of ether oxygens (including phenoxy) is 1. The Balaban J connectivity index is 0.00000145. The molecule has 3 nitrogen and oxygen atoms in total. The Labute approximate surface area is 188 Å². The Kier molecular flexibility index (Phi) is 8.64. The van der Waals surface area contributed by atoms with E-state index in [1.165, 1.54) is 18.2 Å². The molecule has 0 atom stereocenters. The molecule has 3 rings (SSSR count). The number of hydrogen-bond acceptors (Lipinski definition) is 3. The van der Waals surface area contributed by atoms with Crippen molar-refractivity contribution in [2.24, 2.45) is 0 Å². The van der Waals surface area contributed by atoms with Crippen LogP contribution >= 0.6 is 34.2 Å². The summed E-state index contributed by atoms with van der Waals surface area (Å²) >= 11 is 8.54. The lowest BCUT2D eigenvalue weighted by Gasteiger charge is -2.34. The maximum Gasteiger partial charge on any atom is 0.256 e. The minimum atomic E-state index is -2.55. The second kappa shape index (κ2) is 10.7. The number of allylic oxidation sites excluding steroid dienone is 3. The van der Waals surface area contributed by atoms with Gasteiger partial charge in [0.05, 0.1) is 30.6 Å². The highest BCUT2D eigenvalue weighted by atomic mass is 127. The molecule has 7 heteroatoms. The van der Waals surface area contributed by atoms with Crippen molar-refractivity contribution in [3.8, 4) is 5.75 Å². The zero-order chi connectivity index (χ0) is 21.6. The lowest BCUT2D eigenvalue weighted by Crippen LogP contribution is -2.30. The highest BCUT2D eigenvalue weighted by molar-refractivity contribution is 14.1. The molecule has 154 valence electrons. The fourth-order valence-electron chi connectivity index (χ4n) is 2.83. The van der Waals surface area contributed by atoms with Gasteiger partial charge in [-0.15, -0.1) is 0 Å². The van der Waals surface area contributed by atoms with Crippen molar-refractivity contribution in [2.75, 3.05) is 13.7 Å². The molecule has 0 unspecified atom stereocenters. The van der Waals surface area contributed by atoms with Crippen LogP contribution in [0.15, 0.2) is 64.5 Å². The Morgan fingerprint density at radius 3 is 2.45 bits per heavy atom. The average Bonchev–Trinajstić information content (AvgIpc) is 2.73. The molecular weight excluding hydrogens is 509 g/mol. The van der Waals surface area contributed by atoms with Crippen molar-refractivity contribution in [1.29, 1.82) is 0 Å². The van der Waals surface area contributed by atoms with Gasteiger partial charge in [0, 0.05) is 20.9 Å². The smallest absolute Gasteiger partial charge is 0.256 e. The molecule has 0 N–H and O–H groups in total. The van der Waals surface area contributed by atoms with Crippen LogP contribution in [0.3, 0.4) is 0 Å². The number of aromatic nitrogens is 1. The molecule has 0 fully saturated rings. The van der Waals surface area contributed by atoms with Crippen molar-refractivity contribution in [1.82, 2.24) is 9.88 Å². The Bertz CT molecular complexity index is 930. The van der Waals surface area contributed by atoms with E-state index in [0.717, 1.165) is 14.7 Å². The van der Waals surface area contributed by atoms with E-state index in [1.54, 1.807) is 6.07 Å². The Hall–Kier alpha value is -1.93. The highest BCUT2D eigenvalue weighted by Crippen LogP contribution is 2.43. The average molecular weight is 531 g/mol. The third kappa shape index (κ3) is 5.36. The SMILES string of the molecule is C=C1C(I)=CC(c2ccccc2)=C(c2ncc(OC)cc2Cl)N1CC(F)F.CC. The summed E-state index contributed by atoms with van der Waals surface area (Å²) in [5.74, 6) is 0.491. The summed E-state index contributed by atoms with van der Waals surface area (Å²) in [5, 5.41) is 0.315. The van der Waals surface area contributed by atoms with Crippen LogP contribution in [0.1, 0.15) is 25.1 Å². The van der Waals surface area contributed by atoms with E-state index in [4.69, 9.17) is 16.3 Å². The topological polar surface area (TPSA) is 25.4 Å². The van der Waals surface area contributed by atoms with E-state index in [1.807, 2.05) is 50.3 Å². The third-order valence-electron chi connectivity index (χ3n) is 4.08. The standard InChI is InChI=1S/C20H16ClF2IN2O.C2H6/c1-12-17(24)9-15(13-6-4-3-5-7-13)20(26(12)11-18(22)23)19-16(21)8-14(27-2)10-25-19;1-2/h3-10,18H,1,11H2,2H3;1-2H3. The van der Waals surface area contributed by atoms with Crippen LogP contribution in [0, 0.1) is 0 Å². The largest absolute Gasteiger partial charge is 0.495 e. The van der Waals surface area contributed by atoms with E-state index in [-0.39, 0.29) is 0 Å². The van der Waals surface area contributed by atoms with Crippen LogP contribution in [0.5, 0.6) is 5.75 Å². The molecule has 2 heterocycles. The van der Waals surface area contributed by atoms with Gasteiger partial charge in [0.1, 0.15) is 11.4 Å². The van der Waals surface area contributed by atoms with E-state index in [9.17, 15) is 8.78 Å². The van der Waals surface area contributed by atoms with Gasteiger partial charge in [0.15, 0.2) is 0 Å². The number of hydrogen-bond donors (Lipinski definition) is 0. The minimum absolute atomic E-state index is 0.315. The van der Waals surface area contributed by atoms with Crippen molar-refractivity contribution in [2.45, 2.75) is 20.3 Å². The molecule has 0 bridgehead atoms. The minimum Gasteiger partial charge on any atom is -0.495 e. The zero-order valence-electron chi connectivity index (χ0n) is 16.4. The molecule has 0 aliphatic carbocycles. The molecule has 1 aliphatic heterocycles. The third-order valence-corrected chi connectivity index (χ3v) is 5.30. The first-order valence-electron chi connectivity index (χ1n) is 9.04. The summed E-state index contributed by atoms with van der Waals surface area (Å²) < 4.78 is 32.6. The summed E-state index contributed by atoms with van der Waals surface area (Å²) in [6, 6.07) is 11.1. The van der Waals surface area contributed by atoms with Crippen LogP contribution in [-0.4, -0.2) is 30.0 Å². The monoisotopic (exact) mass is 530 g/mol. The van der Waals surface area contributed by atoms with Crippen LogP contribution in [-0.2, 0) is 0 Å². The normalized spacial score (nSPS) is 13.9. The summed E-state index contributed by atoms with van der Waals surface area (Å²) in [4.78, 5) is 5.87. The highest BCUT2D eigenvalue weighted by Gasteiger charge is 2.29. The van der Waals surface area contributed by atoms with Gasteiger partial charge >= 0.3 is 0 Å². The van der Waals surface area contributed by atoms with Crippen molar-refractivity contribution in [3.05, 3.63) is 80.8 Å². The molecule has 0 radical (unpaired) electrons. The van der Waals surface area contributed by atoms with E-state index < -0.39 is 13.0 Å². The summed E-state index contributed by atoms with van der Waals surface area (Å²) in [5.41, 5.74) is 3.02. The Morgan fingerprint density at radius 2 is 1.90 bits per heavy atom. The molecule has 0 saturated carbocycles. The number of pyridine rings is 1. The maximum atomic E-state index is 13.4. The van der Waals surface area contributed by atoms with E-state index in [0.29, 0.717) is 27.9 Å². The van der Waals surface area contributed by atoms with Crippen LogP contribution in [0.2, 0.25) is 5.02 Å². The fraction of sp³-hybridized carbons (Fsp3) is 0.227. The van der Waals surface area contributed by atoms with Crippen LogP contribution in [0.4, 0.5) is 8.78 Å². The Morgan fingerprint density at radius 1 is 1.24 bits per heavy atom. The van der Waals surface area contributed by atoms with Crippen molar-refractivity contribution in [3.63, 3.8) is 0 Å². The number of benzene rings is 1. The fourth-order valence-corrected chi connectivity index (χ4v) is 3.67. The van der Waals surface area contributed by atoms with Crippen LogP contribution in [0.25, 0.3) is 11.3 Å². The lowest BCUT2D eigenvalue weighted by atomic mass is 9.97. The lowest BCUT2D eigenvalue weighted by molar-refractivity contribution is 0.123. The number of nitrogens with zero attached hydrogens (tertiary/aromatic N) is 2. The van der Waals surface area contributed by atoms with Crippen molar-refractivity contribution >= 4 is 45.5 Å². The molecule has 1 aliphatic rings. The second-order valence-corrected chi connectivity index (χ2v) is 7.34. The molecule has 0 saturated heterocycles. The van der Waals surface area contributed by atoms with Gasteiger partial charge in [-0.1, -0.05) is 62.4 Å². The first-order chi connectivity index (χ1) is 13.9. The van der Waals surface area contributed by atoms with Crippen LogP contribution < -0.4 is 4.74 Å². The maximum absolute atomic E-state index is 13.4. The molecule has 29 heavy (non-hydrogen) atoms. The number of rotatable bonds is 5. The van der Waals surface area contributed by atoms with Gasteiger partial charge in [-0.25, -0.2) is 13.8 Å². The van der Waals surface area contributed by atoms with Gasteiger partial charge in [-0.3, -0.25) is 0 Å². The molecular formula is C22H22ClF2IN2O. The summed E-state index contributed by atoms with van der Waals surface area (Å²) in [6.45, 7) is 7.48. The first-order valence-corrected chi connectivity index (χ1v) is 10.5. The van der Waals surface area contributed by atoms with Gasteiger partial charge in [-0.2, -0.15) is 0 Å². The van der Waals surface area contributed by atoms with E-state index >= 15 is 0 Å². The van der Waals surface area contributed by atoms with E-state index in [2.05, 4.69) is 34.2 Å². The van der Waals surface area contributed by atoms with Gasteiger partial charge < -0.3 is 9.64 Å². The quantitative estimate of drug-likeness (QED) is 0.387. The molecule has 0 spiro atoms. The predicted molar refractivity (Wildman–Crippen MR) is 124 cm³/mol. The van der Waals surface area contributed by atoms with Gasteiger partial charge in [0.2, 0.25) is 0 Å². The summed E-state index contributed by atoms with van der Waals surface area (Å²) in [6.07, 6.45) is 0.884. The van der Waals surface area contributed by atoms with Gasteiger partial charge in [-0.05, 0) is 34.2 Å². The first kappa shape index (κ1) is 23.3. The summed E-state index contributed by atoms with van der Waals surface area (Å²) in [7, 11) is 1.51. The van der Waals surface area contributed by atoms with Crippen molar-refractivity contribution < 1.29 is 13.5 Å².